The lowest BCUT2D eigenvalue weighted by molar-refractivity contribution is -0.896. The summed E-state index contributed by atoms with van der Waals surface area (Å²) in [6.07, 6.45) is 6.50. The van der Waals surface area contributed by atoms with Crippen LogP contribution in [0.15, 0.2) is 48.5 Å². The van der Waals surface area contributed by atoms with Crippen LogP contribution in [-0.2, 0) is 12.8 Å². The van der Waals surface area contributed by atoms with Gasteiger partial charge in [0, 0.05) is 18.3 Å². The van der Waals surface area contributed by atoms with Crippen molar-refractivity contribution in [2.45, 2.75) is 45.1 Å². The molecule has 4 rings (SSSR count). The number of likely N-dealkylation sites (tertiary alicyclic amines) is 1. The van der Waals surface area contributed by atoms with Gasteiger partial charge in [0.1, 0.15) is 0 Å². The van der Waals surface area contributed by atoms with Crippen molar-refractivity contribution in [3.05, 3.63) is 65.2 Å². The zero-order chi connectivity index (χ0) is 18.9. The smallest absolute Gasteiger partial charge is 0.0785 e. The zero-order valence-corrected chi connectivity index (χ0v) is 19.9. The summed E-state index contributed by atoms with van der Waals surface area (Å²) in [4.78, 5) is 2.74. The topological polar surface area (TPSA) is 3.24 Å². The minimum atomic E-state index is 0. The van der Waals surface area contributed by atoms with E-state index in [2.05, 4.69) is 74.4 Å². The van der Waals surface area contributed by atoms with Crippen LogP contribution in [0.3, 0.4) is 0 Å². The van der Waals surface area contributed by atoms with Crippen LogP contribution in [-0.4, -0.2) is 44.3 Å². The molecule has 0 radical (unpaired) electrons. The van der Waals surface area contributed by atoms with E-state index in [9.17, 15) is 0 Å². The fourth-order valence-corrected chi connectivity index (χ4v) is 5.07. The number of para-hydroxylation sites is 1. The van der Waals surface area contributed by atoms with E-state index in [1.54, 1.807) is 11.1 Å². The van der Waals surface area contributed by atoms with Crippen molar-refractivity contribution in [2.24, 2.45) is 5.92 Å². The van der Waals surface area contributed by atoms with Gasteiger partial charge in [-0.25, -0.2) is 0 Å². The van der Waals surface area contributed by atoms with Crippen molar-refractivity contribution in [1.29, 1.82) is 0 Å². The van der Waals surface area contributed by atoms with E-state index in [-0.39, 0.29) is 24.0 Å². The number of quaternary nitrogens is 1. The first kappa shape index (κ1) is 21.6. The summed E-state index contributed by atoms with van der Waals surface area (Å²) in [5, 5.41) is 0. The lowest BCUT2D eigenvalue weighted by Crippen LogP contribution is -3.00. The molecule has 0 spiro atoms. The van der Waals surface area contributed by atoms with Gasteiger partial charge in [-0.1, -0.05) is 42.5 Å². The maximum atomic E-state index is 2.74. The average Bonchev–Trinajstić information content (AvgIpc) is 3.08. The molecule has 1 aliphatic heterocycles. The van der Waals surface area contributed by atoms with Gasteiger partial charge in [-0.05, 0) is 67.7 Å². The summed E-state index contributed by atoms with van der Waals surface area (Å²) in [5.74, 6) is 0.895. The number of piperidine rings is 1. The van der Waals surface area contributed by atoms with Gasteiger partial charge in [0.25, 0.3) is 0 Å². The van der Waals surface area contributed by atoms with E-state index in [4.69, 9.17) is 0 Å². The fraction of sp³-hybridized carbons (Fsp3) is 0.520. The van der Waals surface area contributed by atoms with Crippen LogP contribution in [0.25, 0.3) is 0 Å². The first-order chi connectivity index (χ1) is 13.0. The number of halogens is 1. The number of nitrogens with zero attached hydrogens (tertiary/aromatic N) is 2. The van der Waals surface area contributed by atoms with Crippen molar-refractivity contribution < 1.29 is 28.5 Å². The average molecular weight is 490 g/mol. The van der Waals surface area contributed by atoms with Crippen LogP contribution in [0.1, 0.15) is 36.0 Å². The van der Waals surface area contributed by atoms with E-state index >= 15 is 0 Å². The van der Waals surface area contributed by atoms with Gasteiger partial charge in [-0.15, -0.1) is 0 Å². The third-order valence-electron chi connectivity index (χ3n) is 6.96. The summed E-state index contributed by atoms with van der Waals surface area (Å²) < 4.78 is 1.20. The van der Waals surface area contributed by atoms with Gasteiger partial charge in [-0.3, -0.25) is 0 Å². The van der Waals surface area contributed by atoms with Gasteiger partial charge >= 0.3 is 0 Å². The molecule has 1 fully saturated rings. The lowest BCUT2D eigenvalue weighted by Gasteiger charge is -2.39. The maximum absolute atomic E-state index is 2.74. The second-order valence-electron chi connectivity index (χ2n) is 9.43. The molecule has 0 bridgehead atoms. The first-order valence-electron chi connectivity index (χ1n) is 10.7. The molecular weight excluding hydrogens is 455 g/mol. The molecule has 1 aliphatic carbocycles. The Morgan fingerprint density at radius 3 is 2.07 bits per heavy atom. The van der Waals surface area contributed by atoms with Gasteiger partial charge in [0.2, 0.25) is 0 Å². The molecule has 2 aromatic carbocycles. The Balaban J connectivity index is 0.00000225. The van der Waals surface area contributed by atoms with Crippen LogP contribution >= 0.6 is 0 Å². The molecule has 152 valence electrons. The molecule has 0 N–H and O–H groups in total. The Labute approximate surface area is 188 Å². The summed E-state index contributed by atoms with van der Waals surface area (Å²) >= 11 is 0. The zero-order valence-electron chi connectivity index (χ0n) is 17.7. The third kappa shape index (κ3) is 4.91. The van der Waals surface area contributed by atoms with E-state index in [1.807, 2.05) is 0 Å². The number of rotatable bonds is 5. The summed E-state index contributed by atoms with van der Waals surface area (Å²) in [7, 11) is 4.76. The van der Waals surface area contributed by atoms with E-state index in [0.717, 1.165) is 5.92 Å². The SMILES string of the molecule is Cc1ccccc1N(CCC1CC[N+](C)(C)CC1)C1Cc2ccccc2C1.[I-]. The normalized spacial score (nSPS) is 19.1. The second-order valence-corrected chi connectivity index (χ2v) is 9.43. The van der Waals surface area contributed by atoms with E-state index in [1.165, 1.54) is 67.5 Å². The predicted molar refractivity (Wildman–Crippen MR) is 115 cm³/mol. The summed E-state index contributed by atoms with van der Waals surface area (Å²) in [5.41, 5.74) is 5.97. The van der Waals surface area contributed by atoms with Crippen molar-refractivity contribution >= 4 is 5.69 Å². The maximum Gasteiger partial charge on any atom is 0.0785 e. The van der Waals surface area contributed by atoms with Crippen molar-refractivity contribution in [3.8, 4) is 0 Å². The Bertz CT molecular complexity index is 751. The standard InChI is InChI=1S/C25H35N2.HI/c1-20-8-4-7-11-25(20)26(15-12-21-13-16-27(2,3)17-14-21)24-18-22-9-5-6-10-23(22)19-24;/h4-11,21,24H,12-19H2,1-3H3;1H/q+1;/p-1. The fourth-order valence-electron chi connectivity index (χ4n) is 5.07. The summed E-state index contributed by atoms with van der Waals surface area (Å²) in [6, 6.07) is 18.6. The number of anilines is 1. The van der Waals surface area contributed by atoms with E-state index < -0.39 is 0 Å². The highest BCUT2D eigenvalue weighted by Crippen LogP contribution is 2.32. The number of benzene rings is 2. The molecule has 3 heteroatoms. The number of hydrogen-bond acceptors (Lipinski definition) is 1. The molecular formula is C25H35IN2. The number of fused-ring (bicyclic) bond motifs is 1. The Morgan fingerprint density at radius 2 is 1.46 bits per heavy atom. The van der Waals surface area contributed by atoms with Gasteiger partial charge in [0.15, 0.2) is 0 Å². The third-order valence-corrected chi connectivity index (χ3v) is 6.96. The molecule has 1 saturated heterocycles. The van der Waals surface area contributed by atoms with Crippen LogP contribution in [0.2, 0.25) is 0 Å². The highest BCUT2D eigenvalue weighted by atomic mass is 127. The molecule has 2 nitrogen and oxygen atoms in total. The van der Waals surface area contributed by atoms with Gasteiger partial charge < -0.3 is 33.4 Å². The molecule has 2 aromatic rings. The molecule has 28 heavy (non-hydrogen) atoms. The number of hydrogen-bond donors (Lipinski definition) is 0. The Hall–Kier alpha value is -1.07. The minimum Gasteiger partial charge on any atom is -1.00 e. The van der Waals surface area contributed by atoms with Crippen molar-refractivity contribution in [3.63, 3.8) is 0 Å². The Kier molecular flexibility index (Phi) is 7.08. The molecule has 0 aromatic heterocycles. The van der Waals surface area contributed by atoms with Gasteiger partial charge in [0.05, 0.1) is 27.2 Å². The monoisotopic (exact) mass is 490 g/mol. The van der Waals surface area contributed by atoms with Crippen LogP contribution in [0, 0.1) is 12.8 Å². The molecule has 0 amide bonds. The molecule has 1 heterocycles. The molecule has 0 atom stereocenters. The molecule has 2 aliphatic rings. The minimum absolute atomic E-state index is 0. The van der Waals surface area contributed by atoms with E-state index in [0.29, 0.717) is 6.04 Å². The lowest BCUT2D eigenvalue weighted by atomic mass is 9.92. The van der Waals surface area contributed by atoms with Crippen LogP contribution in [0.5, 0.6) is 0 Å². The largest absolute Gasteiger partial charge is 1.00 e. The van der Waals surface area contributed by atoms with Crippen molar-refractivity contribution in [2.75, 3.05) is 38.6 Å². The Morgan fingerprint density at radius 1 is 0.893 bits per heavy atom. The molecule has 0 saturated carbocycles. The molecule has 0 unspecified atom stereocenters. The first-order valence-corrected chi connectivity index (χ1v) is 10.7. The quantitative estimate of drug-likeness (QED) is 0.457. The van der Waals surface area contributed by atoms with Crippen LogP contribution < -0.4 is 28.9 Å². The van der Waals surface area contributed by atoms with Gasteiger partial charge in [-0.2, -0.15) is 0 Å². The predicted octanol–water partition coefficient (Wildman–Crippen LogP) is 1.85. The van der Waals surface area contributed by atoms with Crippen molar-refractivity contribution in [1.82, 2.24) is 0 Å². The highest BCUT2D eigenvalue weighted by Gasteiger charge is 2.30. The second kappa shape index (κ2) is 9.17. The highest BCUT2D eigenvalue weighted by molar-refractivity contribution is 5.55. The number of aryl methyl sites for hydroxylation is 1. The van der Waals surface area contributed by atoms with Crippen LogP contribution in [0.4, 0.5) is 5.69 Å². The summed E-state index contributed by atoms with van der Waals surface area (Å²) in [6.45, 7) is 6.14.